The molecule has 116 valence electrons. The van der Waals surface area contributed by atoms with E-state index in [0.717, 1.165) is 31.0 Å². The number of nitrogens with one attached hydrogen (secondary N) is 1. The van der Waals surface area contributed by atoms with Crippen LogP contribution in [0.4, 0.5) is 0 Å². The van der Waals surface area contributed by atoms with Gasteiger partial charge in [0.1, 0.15) is 0 Å². The lowest BCUT2D eigenvalue weighted by Crippen LogP contribution is -2.47. The molecule has 0 amide bonds. The minimum atomic E-state index is -0.757. The third-order valence-electron chi connectivity index (χ3n) is 5.35. The van der Waals surface area contributed by atoms with Gasteiger partial charge in [-0.05, 0) is 62.9 Å². The smallest absolute Gasteiger partial charge is 0.317 e. The predicted octanol–water partition coefficient (Wildman–Crippen LogP) is 2.20. The lowest BCUT2D eigenvalue weighted by molar-refractivity contribution is -0.136. The summed E-state index contributed by atoms with van der Waals surface area (Å²) in [6, 6.07) is 0.767. The molecule has 1 heterocycles. The number of nitrogens with zero attached hydrogens (tertiary/aromatic N) is 1. The second-order valence-corrected chi connectivity index (χ2v) is 6.95. The highest BCUT2D eigenvalue weighted by Gasteiger charge is 2.31. The summed E-state index contributed by atoms with van der Waals surface area (Å²) in [5.74, 6) is 1.59. The van der Waals surface area contributed by atoms with E-state index in [1.54, 1.807) is 0 Å². The summed E-state index contributed by atoms with van der Waals surface area (Å²) >= 11 is 0. The summed E-state index contributed by atoms with van der Waals surface area (Å²) in [5, 5.41) is 11.7. The van der Waals surface area contributed by atoms with Crippen molar-refractivity contribution in [2.75, 3.05) is 26.2 Å². The third kappa shape index (κ3) is 4.45. The first kappa shape index (κ1) is 15.8. The summed E-state index contributed by atoms with van der Waals surface area (Å²) in [4.78, 5) is 13.2. The maximum absolute atomic E-state index is 10.5. The highest BCUT2D eigenvalue weighted by atomic mass is 16.4. The highest BCUT2D eigenvalue weighted by molar-refractivity contribution is 5.68. The fourth-order valence-electron chi connectivity index (χ4n) is 3.83. The molecule has 2 fully saturated rings. The number of aliphatic carboxylic acids is 1. The van der Waals surface area contributed by atoms with Gasteiger partial charge in [0.15, 0.2) is 0 Å². The molecule has 1 saturated carbocycles. The van der Waals surface area contributed by atoms with Crippen LogP contribution in [-0.4, -0.2) is 48.2 Å². The number of likely N-dealkylation sites (tertiary alicyclic amines) is 1. The van der Waals surface area contributed by atoms with Gasteiger partial charge in [0.25, 0.3) is 0 Å². The molecular formula is C16H30N2O2. The van der Waals surface area contributed by atoms with Crippen LogP contribution in [0.5, 0.6) is 0 Å². The first-order valence-electron chi connectivity index (χ1n) is 8.22. The van der Waals surface area contributed by atoms with Crippen LogP contribution in [0.2, 0.25) is 0 Å². The van der Waals surface area contributed by atoms with Crippen LogP contribution in [-0.2, 0) is 4.79 Å². The van der Waals surface area contributed by atoms with Gasteiger partial charge in [-0.2, -0.15) is 0 Å². The number of hydrogen-bond donors (Lipinski definition) is 2. The van der Waals surface area contributed by atoms with Gasteiger partial charge < -0.3 is 15.3 Å². The van der Waals surface area contributed by atoms with Gasteiger partial charge in [-0.15, -0.1) is 0 Å². The van der Waals surface area contributed by atoms with Gasteiger partial charge >= 0.3 is 5.97 Å². The summed E-state index contributed by atoms with van der Waals surface area (Å²) in [7, 11) is 0. The zero-order valence-electron chi connectivity index (χ0n) is 13.0. The molecule has 4 atom stereocenters. The van der Waals surface area contributed by atoms with Crippen molar-refractivity contribution in [1.82, 2.24) is 10.2 Å². The molecule has 0 aromatic rings. The molecule has 1 aliphatic heterocycles. The molecular weight excluding hydrogens is 252 g/mol. The molecule has 20 heavy (non-hydrogen) atoms. The van der Waals surface area contributed by atoms with E-state index in [2.05, 4.69) is 24.1 Å². The minimum absolute atomic E-state index is 0.0917. The van der Waals surface area contributed by atoms with Crippen molar-refractivity contribution in [3.05, 3.63) is 0 Å². The van der Waals surface area contributed by atoms with Crippen molar-refractivity contribution in [3.8, 4) is 0 Å². The Kier molecular flexibility index (Phi) is 5.85. The van der Waals surface area contributed by atoms with Crippen molar-refractivity contribution in [1.29, 1.82) is 0 Å². The van der Waals surface area contributed by atoms with Gasteiger partial charge in [-0.3, -0.25) is 4.79 Å². The predicted molar refractivity (Wildman–Crippen MR) is 80.8 cm³/mol. The van der Waals surface area contributed by atoms with Gasteiger partial charge in [-0.1, -0.05) is 13.8 Å². The summed E-state index contributed by atoms with van der Waals surface area (Å²) in [6.07, 6.45) is 6.56. The molecule has 4 heteroatoms. The van der Waals surface area contributed by atoms with Crippen molar-refractivity contribution in [3.63, 3.8) is 0 Å². The fraction of sp³-hybridized carbons (Fsp3) is 0.938. The molecule has 0 aromatic carbocycles. The van der Waals surface area contributed by atoms with Crippen molar-refractivity contribution in [2.24, 2.45) is 17.8 Å². The molecule has 2 rings (SSSR count). The minimum Gasteiger partial charge on any atom is -0.480 e. The largest absolute Gasteiger partial charge is 0.480 e. The maximum atomic E-state index is 10.5. The van der Waals surface area contributed by atoms with Crippen LogP contribution in [0.3, 0.4) is 0 Å². The average Bonchev–Trinajstić information content (AvgIpc) is 2.42. The Balaban J connectivity index is 1.76. The molecule has 4 nitrogen and oxygen atoms in total. The van der Waals surface area contributed by atoms with E-state index in [-0.39, 0.29) is 6.54 Å². The monoisotopic (exact) mass is 282 g/mol. The molecule has 4 unspecified atom stereocenters. The van der Waals surface area contributed by atoms with Gasteiger partial charge in [-0.25, -0.2) is 0 Å². The summed E-state index contributed by atoms with van der Waals surface area (Å²) in [5.41, 5.74) is 0. The Morgan fingerprint density at radius 3 is 2.75 bits per heavy atom. The first-order chi connectivity index (χ1) is 9.56. The Hall–Kier alpha value is -0.610. The molecule has 2 N–H and O–H groups in total. The lowest BCUT2D eigenvalue weighted by atomic mass is 9.78. The molecule has 2 aliphatic rings. The Morgan fingerprint density at radius 1 is 1.25 bits per heavy atom. The maximum Gasteiger partial charge on any atom is 0.317 e. The quantitative estimate of drug-likeness (QED) is 0.811. The van der Waals surface area contributed by atoms with Crippen molar-refractivity contribution in [2.45, 2.75) is 52.0 Å². The number of hydrogen-bond acceptors (Lipinski definition) is 3. The summed E-state index contributed by atoms with van der Waals surface area (Å²) in [6.45, 7) is 8.11. The second kappa shape index (κ2) is 7.41. The summed E-state index contributed by atoms with van der Waals surface area (Å²) < 4.78 is 0. The highest BCUT2D eigenvalue weighted by Crippen LogP contribution is 2.33. The van der Waals surface area contributed by atoms with E-state index >= 15 is 0 Å². The van der Waals surface area contributed by atoms with Crippen LogP contribution in [0.1, 0.15) is 46.0 Å². The van der Waals surface area contributed by atoms with Crippen LogP contribution in [0, 0.1) is 17.8 Å². The normalized spacial score (nSPS) is 35.9. The number of carbonyl (C=O) groups is 1. The van der Waals surface area contributed by atoms with E-state index < -0.39 is 5.97 Å². The van der Waals surface area contributed by atoms with Crippen LogP contribution in [0.15, 0.2) is 0 Å². The third-order valence-corrected chi connectivity index (χ3v) is 5.35. The Bertz CT molecular complexity index is 322. The van der Waals surface area contributed by atoms with Crippen molar-refractivity contribution >= 4 is 5.97 Å². The first-order valence-corrected chi connectivity index (χ1v) is 8.22. The number of carboxylic acids is 1. The second-order valence-electron chi connectivity index (χ2n) is 6.95. The standard InChI is InChI=1S/C16H30N2O2/c1-12-5-6-15(8-13(12)2)18-7-3-4-14(11-18)9-17-10-16(19)20/h12-15,17H,3-11H2,1-2H3,(H,19,20). The van der Waals surface area contributed by atoms with Crippen LogP contribution < -0.4 is 5.32 Å². The molecule has 0 aromatic heterocycles. The van der Waals surface area contributed by atoms with Crippen molar-refractivity contribution < 1.29 is 9.90 Å². The molecule has 1 saturated heterocycles. The van der Waals surface area contributed by atoms with Gasteiger partial charge in [0, 0.05) is 12.6 Å². The lowest BCUT2D eigenvalue weighted by Gasteiger charge is -2.43. The van der Waals surface area contributed by atoms with Crippen LogP contribution in [0.25, 0.3) is 0 Å². The van der Waals surface area contributed by atoms with E-state index in [1.165, 1.54) is 38.6 Å². The number of rotatable bonds is 5. The fourth-order valence-corrected chi connectivity index (χ4v) is 3.83. The zero-order chi connectivity index (χ0) is 14.5. The van der Waals surface area contributed by atoms with E-state index in [4.69, 9.17) is 5.11 Å². The zero-order valence-corrected chi connectivity index (χ0v) is 13.0. The average molecular weight is 282 g/mol. The van der Waals surface area contributed by atoms with Gasteiger partial charge in [0.05, 0.1) is 6.54 Å². The van der Waals surface area contributed by atoms with E-state index in [1.807, 2.05) is 0 Å². The number of piperidine rings is 1. The van der Waals surface area contributed by atoms with Crippen LogP contribution >= 0.6 is 0 Å². The van der Waals surface area contributed by atoms with Gasteiger partial charge in [0.2, 0.25) is 0 Å². The van der Waals surface area contributed by atoms with E-state index in [0.29, 0.717) is 5.92 Å². The van der Waals surface area contributed by atoms with E-state index in [9.17, 15) is 4.79 Å². The Labute approximate surface area is 122 Å². The molecule has 0 spiro atoms. The molecule has 1 aliphatic carbocycles. The molecule has 0 bridgehead atoms. The topological polar surface area (TPSA) is 52.6 Å². The number of carboxylic acid groups (broad SMARTS) is 1. The Morgan fingerprint density at radius 2 is 2.05 bits per heavy atom. The molecule has 0 radical (unpaired) electrons. The SMILES string of the molecule is CC1CCC(N2CCCC(CNCC(=O)O)C2)CC1C.